The van der Waals surface area contributed by atoms with Crippen LogP contribution in [-0.4, -0.2) is 93.2 Å². The molecule has 0 fully saturated rings. The molecule has 3 aromatic rings. The smallest absolute Gasteiger partial charge is 0.337 e. The third-order valence-corrected chi connectivity index (χ3v) is 21.5. The Morgan fingerprint density at radius 1 is 0.860 bits per heavy atom. The van der Waals surface area contributed by atoms with E-state index in [0.717, 1.165) is 31.2 Å². The van der Waals surface area contributed by atoms with Gasteiger partial charge >= 0.3 is 5.97 Å². The number of carbonyl (C=O) groups excluding carboxylic acids is 3. The highest BCUT2D eigenvalue weighted by molar-refractivity contribution is 6.74. The predicted octanol–water partition coefficient (Wildman–Crippen LogP) is 9.99. The number of amides is 2. The number of methoxy groups -OCH3 is 1. The number of imidazole rings is 1. The highest BCUT2D eigenvalue weighted by atomic mass is 28.4. The lowest BCUT2D eigenvalue weighted by molar-refractivity contribution is 0.0554. The molecule has 12 heteroatoms. The van der Waals surface area contributed by atoms with Crippen molar-refractivity contribution in [1.82, 2.24) is 19.4 Å². The second-order valence-corrected chi connectivity index (χ2v) is 28.3. The van der Waals surface area contributed by atoms with Crippen molar-refractivity contribution in [3.05, 3.63) is 76.6 Å². The molecule has 314 valence electrons. The highest BCUT2D eigenvalue weighted by Gasteiger charge is 2.40. The van der Waals surface area contributed by atoms with Gasteiger partial charge in [-0.15, -0.1) is 0 Å². The van der Waals surface area contributed by atoms with Gasteiger partial charge in [-0.3, -0.25) is 9.59 Å². The first-order valence-corrected chi connectivity index (χ1v) is 26.7. The van der Waals surface area contributed by atoms with Crippen LogP contribution in [0.4, 0.5) is 0 Å². The van der Waals surface area contributed by atoms with Crippen LogP contribution < -0.4 is 0 Å². The topological polar surface area (TPSA) is 103 Å². The number of unbranched alkanes of at least 4 members (excludes halogenated alkanes) is 2. The van der Waals surface area contributed by atoms with Crippen LogP contribution in [0.15, 0.2) is 48.7 Å². The molecule has 0 spiro atoms. The van der Waals surface area contributed by atoms with Gasteiger partial charge in [-0.25, -0.2) is 9.78 Å². The van der Waals surface area contributed by atoms with Crippen molar-refractivity contribution >= 4 is 34.4 Å². The van der Waals surface area contributed by atoms with Gasteiger partial charge in [0.2, 0.25) is 0 Å². The molecule has 1 aromatic heterocycles. The van der Waals surface area contributed by atoms with Crippen LogP contribution >= 0.6 is 0 Å². The zero-order chi connectivity index (χ0) is 42.3. The number of aromatic nitrogens is 2. The maximum Gasteiger partial charge on any atom is 0.337 e. The van der Waals surface area contributed by atoms with Gasteiger partial charge in [-0.2, -0.15) is 0 Å². The zero-order valence-electron chi connectivity index (χ0n) is 37.2. The van der Waals surface area contributed by atoms with Crippen molar-refractivity contribution < 1.29 is 28.0 Å². The van der Waals surface area contributed by atoms with E-state index in [1.54, 1.807) is 18.2 Å². The summed E-state index contributed by atoms with van der Waals surface area (Å²) in [5.74, 6) is -0.422. The second-order valence-electron chi connectivity index (χ2n) is 18.6. The summed E-state index contributed by atoms with van der Waals surface area (Å²) in [6, 6.07) is 13.1. The van der Waals surface area contributed by atoms with Gasteiger partial charge in [-0.05, 0) is 84.9 Å². The Balaban J connectivity index is 1.87. The Hall–Kier alpha value is -3.59. The van der Waals surface area contributed by atoms with Crippen molar-refractivity contribution in [3.63, 3.8) is 0 Å². The van der Waals surface area contributed by atoms with Crippen LogP contribution in [0.2, 0.25) is 36.3 Å². The first kappa shape index (κ1) is 46.1. The van der Waals surface area contributed by atoms with Crippen LogP contribution in [0.5, 0.6) is 0 Å². The number of hydrogen-bond acceptors (Lipinski definition) is 7. The fourth-order valence-electron chi connectivity index (χ4n) is 6.51. The van der Waals surface area contributed by atoms with E-state index >= 15 is 4.79 Å². The fourth-order valence-corrected chi connectivity index (χ4v) is 8.58. The summed E-state index contributed by atoms with van der Waals surface area (Å²) in [7, 11) is -2.91. The maximum atomic E-state index is 15.2. The quantitative estimate of drug-likeness (QED) is 0.0987. The van der Waals surface area contributed by atoms with Crippen molar-refractivity contribution in [2.45, 2.75) is 143 Å². The molecular weight excluding hydrogens is 749 g/mol. The van der Waals surface area contributed by atoms with Gasteiger partial charge in [-0.1, -0.05) is 92.5 Å². The molecule has 1 aliphatic rings. The summed E-state index contributed by atoms with van der Waals surface area (Å²) < 4.78 is 20.5. The van der Waals surface area contributed by atoms with E-state index < -0.39 is 22.6 Å². The molecule has 0 radical (unpaired) electrons. The first-order chi connectivity index (χ1) is 26.7. The standard InChI is InChI=1S/C45H70N4O6Si2/c1-14-16-24-47(25-17-15-2)42(51)39-31-48(26-27-54-56(10,11)44(3,4)5)40(46-39)37-23-22-34(43(52)53-9)29-38(37)41(50)49-30-35-21-19-18-20-33(35)28-36(49)32-55-57(12,13)45(6,7)8/h18-23,29,31,36H,14-17,24-28,30,32H2,1-13H3/t36-/m0/s1. The third kappa shape index (κ3) is 11.1. The molecule has 2 amide bonds. The average Bonchev–Trinajstić information content (AvgIpc) is 3.58. The molecule has 0 aliphatic carbocycles. The van der Waals surface area contributed by atoms with Gasteiger partial charge in [0.05, 0.1) is 37.5 Å². The van der Waals surface area contributed by atoms with Gasteiger partial charge < -0.3 is 28.0 Å². The van der Waals surface area contributed by atoms with E-state index in [0.29, 0.717) is 68.5 Å². The molecule has 57 heavy (non-hydrogen) atoms. The van der Waals surface area contributed by atoms with E-state index in [4.69, 9.17) is 18.6 Å². The van der Waals surface area contributed by atoms with Crippen molar-refractivity contribution in [2.24, 2.45) is 0 Å². The minimum atomic E-state index is -2.15. The minimum absolute atomic E-state index is 0.000394. The lowest BCUT2D eigenvalue weighted by Gasteiger charge is -2.41. The predicted molar refractivity (Wildman–Crippen MR) is 235 cm³/mol. The zero-order valence-corrected chi connectivity index (χ0v) is 39.2. The summed E-state index contributed by atoms with van der Waals surface area (Å²) >= 11 is 0. The Bertz CT molecular complexity index is 1850. The van der Waals surface area contributed by atoms with Gasteiger partial charge in [0.25, 0.3) is 11.8 Å². The molecule has 0 bridgehead atoms. The van der Waals surface area contributed by atoms with E-state index in [1.807, 2.05) is 32.7 Å². The number of nitrogens with zero attached hydrogens (tertiary/aromatic N) is 4. The van der Waals surface area contributed by atoms with Crippen molar-refractivity contribution in [3.8, 4) is 11.4 Å². The first-order valence-electron chi connectivity index (χ1n) is 20.9. The average molecular weight is 819 g/mol. The summed E-state index contributed by atoms with van der Waals surface area (Å²) in [5.41, 5.74) is 3.72. The van der Waals surface area contributed by atoms with E-state index in [2.05, 4.69) is 93.7 Å². The Labute approximate surface area is 344 Å². The number of hydrogen-bond donors (Lipinski definition) is 0. The largest absolute Gasteiger partial charge is 0.465 e. The minimum Gasteiger partial charge on any atom is -0.465 e. The van der Waals surface area contributed by atoms with Crippen LogP contribution in [-0.2, 0) is 33.1 Å². The van der Waals surface area contributed by atoms with Crippen LogP contribution in [0.3, 0.4) is 0 Å². The second kappa shape index (κ2) is 19.0. The summed E-state index contributed by atoms with van der Waals surface area (Å²) in [4.78, 5) is 51.3. The number of carbonyl (C=O) groups is 3. The molecule has 0 saturated heterocycles. The Morgan fingerprint density at radius 3 is 2.04 bits per heavy atom. The van der Waals surface area contributed by atoms with Gasteiger partial charge in [0, 0.05) is 37.9 Å². The molecule has 4 rings (SSSR count). The maximum absolute atomic E-state index is 15.2. The lowest BCUT2D eigenvalue weighted by Crippen LogP contribution is -2.50. The summed E-state index contributed by atoms with van der Waals surface area (Å²) in [5, 5.41) is 0.0196. The van der Waals surface area contributed by atoms with Crippen molar-refractivity contribution in [2.75, 3.05) is 33.4 Å². The Kier molecular flexibility index (Phi) is 15.4. The summed E-state index contributed by atoms with van der Waals surface area (Å²) in [6.07, 6.45) is 6.20. The molecular formula is C45H70N4O6Si2. The number of esters is 1. The van der Waals surface area contributed by atoms with E-state index in [-0.39, 0.29) is 33.5 Å². The van der Waals surface area contributed by atoms with Crippen molar-refractivity contribution in [1.29, 1.82) is 0 Å². The van der Waals surface area contributed by atoms with E-state index in [9.17, 15) is 9.59 Å². The number of ether oxygens (including phenoxy) is 1. The normalized spacial score (nSPS) is 15.0. The van der Waals surface area contributed by atoms with E-state index in [1.165, 1.54) is 12.7 Å². The molecule has 2 heterocycles. The number of fused-ring (bicyclic) bond motifs is 1. The fraction of sp³-hybridized carbons (Fsp3) is 0.600. The molecule has 0 saturated carbocycles. The molecule has 0 unspecified atom stereocenters. The highest BCUT2D eigenvalue weighted by Crippen LogP contribution is 2.39. The van der Waals surface area contributed by atoms with Gasteiger partial charge in [0.15, 0.2) is 16.6 Å². The molecule has 1 atom stereocenters. The third-order valence-electron chi connectivity index (χ3n) is 12.4. The van der Waals surface area contributed by atoms with Crippen LogP contribution in [0, 0.1) is 0 Å². The molecule has 10 nitrogen and oxygen atoms in total. The number of benzene rings is 2. The van der Waals surface area contributed by atoms with Crippen LogP contribution in [0.25, 0.3) is 11.4 Å². The van der Waals surface area contributed by atoms with Crippen LogP contribution in [0.1, 0.15) is 123 Å². The SMILES string of the molecule is CCCCN(CCCC)C(=O)c1cn(CCO[Si](C)(C)C(C)(C)C)c(-c2ccc(C(=O)OC)cc2C(=O)N2Cc3ccccc3C[C@H]2CO[Si](C)(C)C(C)(C)C)n1. The lowest BCUT2D eigenvalue weighted by atomic mass is 9.92. The molecule has 2 aromatic carbocycles. The number of rotatable bonds is 17. The van der Waals surface area contributed by atoms with Gasteiger partial charge in [0.1, 0.15) is 11.5 Å². The molecule has 0 N–H and O–H groups in total. The monoisotopic (exact) mass is 818 g/mol. The summed E-state index contributed by atoms with van der Waals surface area (Å²) in [6.45, 7) is 29.4. The molecule has 1 aliphatic heterocycles. The Morgan fingerprint density at radius 2 is 1.46 bits per heavy atom.